The van der Waals surface area contributed by atoms with E-state index in [2.05, 4.69) is 12.2 Å². The number of unbranched alkanes of at least 4 members (excludes halogenated alkanes) is 1. The molecule has 1 unspecified atom stereocenters. The van der Waals surface area contributed by atoms with Crippen LogP contribution in [0.3, 0.4) is 0 Å². The summed E-state index contributed by atoms with van der Waals surface area (Å²) in [6.07, 6.45) is 2.41. The summed E-state index contributed by atoms with van der Waals surface area (Å²) in [5, 5.41) is 2.73. The number of hydrogen-bond donors (Lipinski definition) is 2. The molecule has 0 aliphatic carbocycles. The predicted molar refractivity (Wildman–Crippen MR) is 61.7 cm³/mol. The van der Waals surface area contributed by atoms with E-state index in [0.29, 0.717) is 26.1 Å². The Kier molecular flexibility index (Phi) is 5.25. The Bertz CT molecular complexity index is 256. The van der Waals surface area contributed by atoms with Crippen molar-refractivity contribution in [1.29, 1.82) is 0 Å². The van der Waals surface area contributed by atoms with E-state index in [1.165, 1.54) is 0 Å². The molecular formula is C11H21N3O2. The molecule has 3 N–H and O–H groups in total. The van der Waals surface area contributed by atoms with Crippen molar-refractivity contribution in [2.75, 3.05) is 26.2 Å². The Morgan fingerprint density at radius 1 is 1.62 bits per heavy atom. The van der Waals surface area contributed by atoms with Crippen molar-refractivity contribution in [2.45, 2.75) is 26.2 Å². The molecule has 1 heterocycles. The van der Waals surface area contributed by atoms with Crippen LogP contribution in [0.4, 0.5) is 0 Å². The molecule has 16 heavy (non-hydrogen) atoms. The lowest BCUT2D eigenvalue weighted by atomic mass is 10.1. The highest BCUT2D eigenvalue weighted by atomic mass is 16.2. The molecule has 5 heteroatoms. The van der Waals surface area contributed by atoms with Crippen molar-refractivity contribution in [3.8, 4) is 0 Å². The zero-order valence-corrected chi connectivity index (χ0v) is 9.87. The number of nitrogens with zero attached hydrogens (tertiary/aromatic N) is 1. The van der Waals surface area contributed by atoms with Gasteiger partial charge < -0.3 is 16.0 Å². The van der Waals surface area contributed by atoms with Gasteiger partial charge in [0.15, 0.2) is 0 Å². The molecule has 1 aliphatic rings. The first-order valence-corrected chi connectivity index (χ1v) is 5.94. The highest BCUT2D eigenvalue weighted by molar-refractivity contribution is 5.89. The topological polar surface area (TPSA) is 75.4 Å². The Labute approximate surface area is 96.4 Å². The Morgan fingerprint density at radius 3 is 3.00 bits per heavy atom. The van der Waals surface area contributed by atoms with Crippen LogP contribution in [0.15, 0.2) is 0 Å². The quantitative estimate of drug-likeness (QED) is 0.654. The highest BCUT2D eigenvalue weighted by Crippen LogP contribution is 2.18. The standard InChI is InChI=1S/C11H21N3O2/c1-2-3-6-14-8-9(7-10(14)15)11(16)13-5-4-12/h9H,2-8,12H2,1H3,(H,13,16). The monoisotopic (exact) mass is 227 g/mol. The van der Waals surface area contributed by atoms with Gasteiger partial charge in [0.2, 0.25) is 11.8 Å². The van der Waals surface area contributed by atoms with Gasteiger partial charge in [0.1, 0.15) is 0 Å². The summed E-state index contributed by atoms with van der Waals surface area (Å²) in [4.78, 5) is 25.0. The summed E-state index contributed by atoms with van der Waals surface area (Å²) >= 11 is 0. The van der Waals surface area contributed by atoms with Crippen LogP contribution in [-0.4, -0.2) is 42.9 Å². The van der Waals surface area contributed by atoms with Gasteiger partial charge in [0.25, 0.3) is 0 Å². The predicted octanol–water partition coefficient (Wildman–Crippen LogP) is -0.290. The van der Waals surface area contributed by atoms with Crippen LogP contribution in [0, 0.1) is 5.92 Å². The molecule has 0 radical (unpaired) electrons. The summed E-state index contributed by atoms with van der Waals surface area (Å²) in [5.41, 5.74) is 5.30. The van der Waals surface area contributed by atoms with Gasteiger partial charge in [0.05, 0.1) is 5.92 Å². The van der Waals surface area contributed by atoms with Gasteiger partial charge >= 0.3 is 0 Å². The number of nitrogens with one attached hydrogen (secondary N) is 1. The fourth-order valence-electron chi connectivity index (χ4n) is 1.85. The lowest BCUT2D eigenvalue weighted by Gasteiger charge is -2.15. The minimum Gasteiger partial charge on any atom is -0.355 e. The maximum atomic E-state index is 11.6. The summed E-state index contributed by atoms with van der Waals surface area (Å²) < 4.78 is 0. The van der Waals surface area contributed by atoms with Gasteiger partial charge in [-0.05, 0) is 6.42 Å². The van der Waals surface area contributed by atoms with Crippen molar-refractivity contribution in [3.63, 3.8) is 0 Å². The number of rotatable bonds is 6. The minimum atomic E-state index is -0.184. The van der Waals surface area contributed by atoms with E-state index in [4.69, 9.17) is 5.73 Å². The van der Waals surface area contributed by atoms with Crippen LogP contribution in [0.1, 0.15) is 26.2 Å². The first-order valence-electron chi connectivity index (χ1n) is 5.94. The number of nitrogens with two attached hydrogens (primary N) is 1. The van der Waals surface area contributed by atoms with Gasteiger partial charge in [-0.1, -0.05) is 13.3 Å². The number of hydrogen-bond acceptors (Lipinski definition) is 3. The number of likely N-dealkylation sites (tertiary alicyclic amines) is 1. The average Bonchev–Trinajstić information content (AvgIpc) is 2.65. The number of carbonyl (C=O) groups is 2. The second-order valence-corrected chi connectivity index (χ2v) is 4.17. The smallest absolute Gasteiger partial charge is 0.225 e. The van der Waals surface area contributed by atoms with Crippen LogP contribution in [0.5, 0.6) is 0 Å². The molecule has 5 nitrogen and oxygen atoms in total. The molecule has 1 rings (SSSR count). The van der Waals surface area contributed by atoms with Crippen molar-refractivity contribution >= 4 is 11.8 Å². The van der Waals surface area contributed by atoms with Crippen LogP contribution < -0.4 is 11.1 Å². The summed E-state index contributed by atoms with van der Waals surface area (Å²) in [5.74, 6) is -0.130. The van der Waals surface area contributed by atoms with E-state index in [1.807, 2.05) is 0 Å². The lowest BCUT2D eigenvalue weighted by Crippen LogP contribution is -2.35. The Hall–Kier alpha value is -1.10. The molecule has 0 aromatic carbocycles. The number of amides is 2. The largest absolute Gasteiger partial charge is 0.355 e. The molecule has 1 atom stereocenters. The van der Waals surface area contributed by atoms with E-state index in [1.54, 1.807) is 4.90 Å². The second-order valence-electron chi connectivity index (χ2n) is 4.17. The maximum absolute atomic E-state index is 11.6. The Balaban J connectivity index is 2.36. The molecule has 1 saturated heterocycles. The van der Waals surface area contributed by atoms with Crippen molar-refractivity contribution in [1.82, 2.24) is 10.2 Å². The average molecular weight is 227 g/mol. The molecule has 0 spiro atoms. The zero-order valence-electron chi connectivity index (χ0n) is 9.87. The van der Waals surface area contributed by atoms with E-state index < -0.39 is 0 Å². The van der Waals surface area contributed by atoms with Gasteiger partial charge in [-0.25, -0.2) is 0 Å². The Morgan fingerprint density at radius 2 is 2.38 bits per heavy atom. The van der Waals surface area contributed by atoms with Crippen molar-refractivity contribution in [3.05, 3.63) is 0 Å². The second kappa shape index (κ2) is 6.48. The first kappa shape index (κ1) is 13.0. The van der Waals surface area contributed by atoms with E-state index >= 15 is 0 Å². The highest BCUT2D eigenvalue weighted by Gasteiger charge is 2.33. The van der Waals surface area contributed by atoms with E-state index in [9.17, 15) is 9.59 Å². The molecule has 0 saturated carbocycles. The summed E-state index contributed by atoms with van der Waals surface area (Å²) in [6, 6.07) is 0. The summed E-state index contributed by atoms with van der Waals surface area (Å²) in [6.45, 7) is 4.35. The van der Waals surface area contributed by atoms with Crippen molar-refractivity contribution in [2.24, 2.45) is 11.7 Å². The summed E-state index contributed by atoms with van der Waals surface area (Å²) in [7, 11) is 0. The van der Waals surface area contributed by atoms with E-state index in [0.717, 1.165) is 19.4 Å². The van der Waals surface area contributed by atoms with Crippen molar-refractivity contribution < 1.29 is 9.59 Å². The van der Waals surface area contributed by atoms with Gasteiger partial charge in [-0.3, -0.25) is 9.59 Å². The maximum Gasteiger partial charge on any atom is 0.225 e. The molecule has 1 aliphatic heterocycles. The molecule has 0 aromatic rings. The fraction of sp³-hybridized carbons (Fsp3) is 0.818. The molecule has 2 amide bonds. The molecule has 1 fully saturated rings. The third kappa shape index (κ3) is 3.48. The lowest BCUT2D eigenvalue weighted by molar-refractivity contribution is -0.129. The zero-order chi connectivity index (χ0) is 12.0. The van der Waals surface area contributed by atoms with Crippen LogP contribution >= 0.6 is 0 Å². The van der Waals surface area contributed by atoms with Crippen LogP contribution in [0.2, 0.25) is 0 Å². The fourth-order valence-corrected chi connectivity index (χ4v) is 1.85. The third-order valence-electron chi connectivity index (χ3n) is 2.81. The first-order chi connectivity index (χ1) is 7.69. The van der Waals surface area contributed by atoms with E-state index in [-0.39, 0.29) is 17.7 Å². The van der Waals surface area contributed by atoms with Crippen LogP contribution in [0.25, 0.3) is 0 Å². The minimum absolute atomic E-state index is 0.0437. The molecule has 0 aromatic heterocycles. The molecular weight excluding hydrogens is 206 g/mol. The van der Waals surface area contributed by atoms with Gasteiger partial charge in [-0.2, -0.15) is 0 Å². The SMILES string of the molecule is CCCCN1CC(C(=O)NCCN)CC1=O. The van der Waals surface area contributed by atoms with Gasteiger partial charge in [0, 0.05) is 32.6 Å². The molecule has 0 bridgehead atoms. The third-order valence-corrected chi connectivity index (χ3v) is 2.81. The number of carbonyl (C=O) groups excluding carboxylic acids is 2. The van der Waals surface area contributed by atoms with Gasteiger partial charge in [-0.15, -0.1) is 0 Å². The molecule has 92 valence electrons. The van der Waals surface area contributed by atoms with Crippen LogP contribution in [-0.2, 0) is 9.59 Å². The normalized spacial score (nSPS) is 20.2.